The van der Waals surface area contributed by atoms with Crippen LogP contribution in [0.3, 0.4) is 0 Å². The topological polar surface area (TPSA) is 50.4 Å². The van der Waals surface area contributed by atoms with Crippen molar-refractivity contribution in [1.29, 1.82) is 0 Å². The Labute approximate surface area is 101 Å². The first-order valence-corrected chi connectivity index (χ1v) is 5.90. The molecule has 2 N–H and O–H groups in total. The van der Waals surface area contributed by atoms with Gasteiger partial charge in [0.25, 0.3) is 0 Å². The summed E-state index contributed by atoms with van der Waals surface area (Å²) in [4.78, 5) is 11.9. The molecule has 2 unspecified atom stereocenters. The number of hydrogen-bond donors (Lipinski definition) is 2. The lowest BCUT2D eigenvalue weighted by atomic mass is 10.1. The molecule has 92 valence electrons. The molecule has 0 saturated heterocycles. The second kappa shape index (κ2) is 4.75. The van der Waals surface area contributed by atoms with E-state index < -0.39 is 0 Å². The Bertz CT molecular complexity index is 431. The van der Waals surface area contributed by atoms with Crippen LogP contribution in [0.15, 0.2) is 18.2 Å². The lowest BCUT2D eigenvalue weighted by Gasteiger charge is -2.17. The van der Waals surface area contributed by atoms with Crippen LogP contribution in [0, 0.1) is 0 Å². The lowest BCUT2D eigenvalue weighted by molar-refractivity contribution is -0.117. The molecular weight excluding hydrogens is 216 g/mol. The fraction of sp³-hybridized carbons (Fsp3) is 0.462. The first-order chi connectivity index (χ1) is 8.15. The fourth-order valence-electron chi connectivity index (χ4n) is 1.93. The Balaban J connectivity index is 2.28. The largest absolute Gasteiger partial charge is 0.497 e. The van der Waals surface area contributed by atoms with Crippen LogP contribution in [0.25, 0.3) is 0 Å². The Kier molecular flexibility index (Phi) is 3.33. The number of hydrogen-bond acceptors (Lipinski definition) is 3. The van der Waals surface area contributed by atoms with Crippen molar-refractivity contribution in [3.63, 3.8) is 0 Å². The van der Waals surface area contributed by atoms with E-state index in [0.717, 1.165) is 23.4 Å². The molecule has 1 amide bonds. The minimum Gasteiger partial charge on any atom is -0.497 e. The third kappa shape index (κ3) is 2.26. The van der Waals surface area contributed by atoms with Gasteiger partial charge < -0.3 is 10.1 Å². The van der Waals surface area contributed by atoms with Gasteiger partial charge in [-0.2, -0.15) is 0 Å². The van der Waals surface area contributed by atoms with Gasteiger partial charge in [0.1, 0.15) is 11.8 Å². The van der Waals surface area contributed by atoms with E-state index in [-0.39, 0.29) is 11.9 Å². The van der Waals surface area contributed by atoms with E-state index in [2.05, 4.69) is 24.5 Å². The van der Waals surface area contributed by atoms with Crippen molar-refractivity contribution >= 4 is 11.6 Å². The second-order valence-electron chi connectivity index (χ2n) is 4.35. The summed E-state index contributed by atoms with van der Waals surface area (Å²) >= 11 is 0. The normalized spacial score (nSPS) is 19.7. The Morgan fingerprint density at radius 1 is 1.53 bits per heavy atom. The molecule has 0 radical (unpaired) electrons. The summed E-state index contributed by atoms with van der Waals surface area (Å²) in [7, 11) is 1.63. The molecule has 0 aliphatic carbocycles. The van der Waals surface area contributed by atoms with Crippen molar-refractivity contribution in [2.45, 2.75) is 32.4 Å². The smallest absolute Gasteiger partial charge is 0.246 e. The maximum absolute atomic E-state index is 11.9. The van der Waals surface area contributed by atoms with Gasteiger partial charge in [-0.15, -0.1) is 0 Å². The number of amides is 1. The molecule has 2 atom stereocenters. The molecule has 0 bridgehead atoms. The van der Waals surface area contributed by atoms with Gasteiger partial charge in [0.2, 0.25) is 5.91 Å². The third-order valence-electron chi connectivity index (χ3n) is 3.15. The summed E-state index contributed by atoms with van der Waals surface area (Å²) in [5.74, 6) is 0.782. The molecule has 2 rings (SSSR count). The van der Waals surface area contributed by atoms with Gasteiger partial charge in [-0.05, 0) is 31.5 Å². The van der Waals surface area contributed by atoms with Crippen LogP contribution in [0.1, 0.15) is 31.9 Å². The van der Waals surface area contributed by atoms with Crippen LogP contribution < -0.4 is 15.4 Å². The quantitative estimate of drug-likeness (QED) is 0.838. The minimum atomic E-state index is -0.268. The molecule has 1 aliphatic heterocycles. The molecule has 17 heavy (non-hydrogen) atoms. The van der Waals surface area contributed by atoms with Crippen molar-refractivity contribution in [3.05, 3.63) is 23.8 Å². The Hall–Kier alpha value is -1.55. The van der Waals surface area contributed by atoms with Gasteiger partial charge in [0.05, 0.1) is 7.11 Å². The standard InChI is InChI=1S/C13H18N2O2/c1-4-8(2)14-12-10-7-9(17-3)5-6-11(10)15-13(12)16/h5-8,12,14H,4H2,1-3H3,(H,15,16). The van der Waals surface area contributed by atoms with Crippen molar-refractivity contribution in [2.24, 2.45) is 0 Å². The zero-order valence-corrected chi connectivity index (χ0v) is 10.4. The number of carbonyl (C=O) groups is 1. The highest BCUT2D eigenvalue weighted by Gasteiger charge is 2.31. The summed E-state index contributed by atoms with van der Waals surface area (Å²) in [6, 6.07) is 5.68. The van der Waals surface area contributed by atoms with Gasteiger partial charge in [-0.25, -0.2) is 0 Å². The summed E-state index contributed by atoms with van der Waals surface area (Å²) in [6.45, 7) is 4.17. The molecule has 1 aromatic carbocycles. The van der Waals surface area contributed by atoms with Crippen molar-refractivity contribution in [2.75, 3.05) is 12.4 Å². The van der Waals surface area contributed by atoms with Gasteiger partial charge >= 0.3 is 0 Å². The highest BCUT2D eigenvalue weighted by molar-refractivity contribution is 6.02. The van der Waals surface area contributed by atoms with E-state index >= 15 is 0 Å². The van der Waals surface area contributed by atoms with Gasteiger partial charge in [-0.1, -0.05) is 6.92 Å². The molecule has 4 heteroatoms. The molecule has 4 nitrogen and oxygen atoms in total. The molecule has 1 aromatic rings. The summed E-state index contributed by atoms with van der Waals surface area (Å²) in [5.41, 5.74) is 1.84. The second-order valence-corrected chi connectivity index (χ2v) is 4.35. The Morgan fingerprint density at radius 3 is 2.94 bits per heavy atom. The molecule has 0 saturated carbocycles. The summed E-state index contributed by atoms with van der Waals surface area (Å²) in [6.07, 6.45) is 0.989. The molecule has 0 spiro atoms. The predicted octanol–water partition coefficient (Wildman–Crippen LogP) is 2.08. The van der Waals surface area contributed by atoms with Gasteiger partial charge in [-0.3, -0.25) is 10.1 Å². The highest BCUT2D eigenvalue weighted by Crippen LogP contribution is 2.33. The molecule has 1 heterocycles. The van der Waals surface area contributed by atoms with Crippen LogP contribution in [-0.4, -0.2) is 19.1 Å². The van der Waals surface area contributed by atoms with E-state index in [1.54, 1.807) is 7.11 Å². The number of anilines is 1. The monoisotopic (exact) mass is 234 g/mol. The van der Waals surface area contributed by atoms with Crippen molar-refractivity contribution in [3.8, 4) is 5.75 Å². The van der Waals surface area contributed by atoms with Crippen LogP contribution in [0.4, 0.5) is 5.69 Å². The number of fused-ring (bicyclic) bond motifs is 1. The van der Waals surface area contributed by atoms with Crippen molar-refractivity contribution < 1.29 is 9.53 Å². The van der Waals surface area contributed by atoms with Crippen LogP contribution in [0.5, 0.6) is 5.75 Å². The minimum absolute atomic E-state index is 0.00792. The summed E-state index contributed by atoms with van der Waals surface area (Å²) in [5, 5.41) is 6.19. The number of methoxy groups -OCH3 is 1. The molecule has 0 aromatic heterocycles. The number of rotatable bonds is 4. The average Bonchev–Trinajstić information content (AvgIpc) is 2.65. The maximum Gasteiger partial charge on any atom is 0.246 e. The molecule has 1 aliphatic rings. The molecule has 0 fully saturated rings. The fourth-order valence-corrected chi connectivity index (χ4v) is 1.93. The number of benzene rings is 1. The maximum atomic E-state index is 11.9. The highest BCUT2D eigenvalue weighted by atomic mass is 16.5. The lowest BCUT2D eigenvalue weighted by Crippen LogP contribution is -2.34. The van der Waals surface area contributed by atoms with E-state index in [4.69, 9.17) is 4.74 Å². The first kappa shape index (κ1) is 11.9. The van der Waals surface area contributed by atoms with E-state index in [1.807, 2.05) is 18.2 Å². The van der Waals surface area contributed by atoms with Crippen molar-refractivity contribution in [1.82, 2.24) is 5.32 Å². The first-order valence-electron chi connectivity index (χ1n) is 5.90. The number of nitrogens with one attached hydrogen (secondary N) is 2. The van der Waals surface area contributed by atoms with Crippen LogP contribution in [0.2, 0.25) is 0 Å². The Morgan fingerprint density at radius 2 is 2.29 bits per heavy atom. The van der Waals surface area contributed by atoms with Gasteiger partial charge in [0, 0.05) is 17.3 Å². The average molecular weight is 234 g/mol. The zero-order chi connectivity index (χ0) is 12.4. The SMILES string of the molecule is CCC(C)NC1C(=O)Nc2ccc(OC)cc21. The third-order valence-corrected chi connectivity index (χ3v) is 3.15. The van der Waals surface area contributed by atoms with E-state index in [9.17, 15) is 4.79 Å². The van der Waals surface area contributed by atoms with Crippen LogP contribution in [-0.2, 0) is 4.79 Å². The van der Waals surface area contributed by atoms with E-state index in [1.165, 1.54) is 0 Å². The molecular formula is C13H18N2O2. The van der Waals surface area contributed by atoms with E-state index in [0.29, 0.717) is 6.04 Å². The zero-order valence-electron chi connectivity index (χ0n) is 10.4. The number of ether oxygens (including phenoxy) is 1. The van der Waals surface area contributed by atoms with Gasteiger partial charge in [0.15, 0.2) is 0 Å². The number of carbonyl (C=O) groups excluding carboxylic acids is 1. The summed E-state index contributed by atoms with van der Waals surface area (Å²) < 4.78 is 5.19. The van der Waals surface area contributed by atoms with Crippen LogP contribution >= 0.6 is 0 Å². The predicted molar refractivity (Wildman–Crippen MR) is 67.3 cm³/mol.